The van der Waals surface area contributed by atoms with E-state index in [1.807, 2.05) is 25.7 Å². The highest BCUT2D eigenvalue weighted by Gasteiger charge is 2.26. The van der Waals surface area contributed by atoms with Crippen LogP contribution in [0.5, 0.6) is 0 Å². The van der Waals surface area contributed by atoms with Crippen molar-refractivity contribution in [1.29, 1.82) is 5.26 Å². The molecule has 1 amide bonds. The van der Waals surface area contributed by atoms with Crippen LogP contribution in [0.3, 0.4) is 0 Å². The Morgan fingerprint density at radius 3 is 2.47 bits per heavy atom. The van der Waals surface area contributed by atoms with Crippen molar-refractivity contribution >= 4 is 6.09 Å². The maximum atomic E-state index is 11.9. The van der Waals surface area contributed by atoms with Gasteiger partial charge >= 0.3 is 6.09 Å². The van der Waals surface area contributed by atoms with Gasteiger partial charge in [-0.1, -0.05) is 12.8 Å². The van der Waals surface area contributed by atoms with Gasteiger partial charge in [0.15, 0.2) is 0 Å². The van der Waals surface area contributed by atoms with Crippen LogP contribution >= 0.6 is 0 Å². The van der Waals surface area contributed by atoms with Gasteiger partial charge in [-0.3, -0.25) is 0 Å². The summed E-state index contributed by atoms with van der Waals surface area (Å²) in [5.41, 5.74) is -0.411. The Morgan fingerprint density at radius 2 is 1.95 bits per heavy atom. The molecule has 108 valence electrons. The van der Waals surface area contributed by atoms with Gasteiger partial charge in [-0.25, -0.2) is 4.79 Å². The van der Waals surface area contributed by atoms with Gasteiger partial charge in [-0.15, -0.1) is 0 Å². The van der Waals surface area contributed by atoms with Crippen LogP contribution in [0.1, 0.15) is 59.3 Å². The van der Waals surface area contributed by atoms with Gasteiger partial charge in [-0.2, -0.15) is 5.26 Å². The number of likely N-dealkylation sites (tertiary alicyclic amines) is 1. The zero-order valence-corrected chi connectivity index (χ0v) is 12.4. The number of nitriles is 1. The zero-order valence-electron chi connectivity index (χ0n) is 12.4. The van der Waals surface area contributed by atoms with E-state index < -0.39 is 5.60 Å². The summed E-state index contributed by atoms with van der Waals surface area (Å²) < 4.78 is 5.38. The third-order valence-corrected chi connectivity index (χ3v) is 3.42. The van der Waals surface area contributed by atoms with Crippen molar-refractivity contribution in [2.24, 2.45) is 5.92 Å². The summed E-state index contributed by atoms with van der Waals surface area (Å²) in [7, 11) is 0. The van der Waals surface area contributed by atoms with Gasteiger partial charge < -0.3 is 9.64 Å². The fourth-order valence-electron chi connectivity index (χ4n) is 2.37. The lowest BCUT2D eigenvalue weighted by Gasteiger charge is -2.33. The monoisotopic (exact) mass is 266 g/mol. The Hall–Kier alpha value is -1.24. The minimum Gasteiger partial charge on any atom is -0.444 e. The van der Waals surface area contributed by atoms with Gasteiger partial charge in [-0.05, 0) is 46.0 Å². The Kier molecular flexibility index (Phi) is 6.14. The molecule has 0 radical (unpaired) electrons. The molecule has 1 saturated heterocycles. The van der Waals surface area contributed by atoms with Crippen molar-refractivity contribution in [3.8, 4) is 6.07 Å². The fourth-order valence-corrected chi connectivity index (χ4v) is 2.37. The summed E-state index contributed by atoms with van der Waals surface area (Å²) >= 11 is 0. The van der Waals surface area contributed by atoms with Crippen molar-refractivity contribution in [3.05, 3.63) is 0 Å². The quantitative estimate of drug-likeness (QED) is 0.729. The Labute approximate surface area is 116 Å². The van der Waals surface area contributed by atoms with Crippen LogP contribution in [-0.4, -0.2) is 29.7 Å². The van der Waals surface area contributed by atoms with Crippen LogP contribution in [-0.2, 0) is 4.74 Å². The first-order chi connectivity index (χ1) is 8.92. The van der Waals surface area contributed by atoms with Crippen LogP contribution in [0.15, 0.2) is 0 Å². The Balaban J connectivity index is 2.22. The molecule has 19 heavy (non-hydrogen) atoms. The van der Waals surface area contributed by atoms with Crippen LogP contribution in [0.25, 0.3) is 0 Å². The molecule has 0 aromatic rings. The summed E-state index contributed by atoms with van der Waals surface area (Å²) in [6.45, 7) is 7.29. The first-order valence-corrected chi connectivity index (χ1v) is 7.27. The topological polar surface area (TPSA) is 53.3 Å². The smallest absolute Gasteiger partial charge is 0.410 e. The summed E-state index contributed by atoms with van der Waals surface area (Å²) in [5.74, 6) is 0.706. The molecule has 4 nitrogen and oxygen atoms in total. The molecule has 0 bridgehead atoms. The number of unbranched alkanes of at least 4 members (excludes halogenated alkanes) is 2. The van der Waals surface area contributed by atoms with Gasteiger partial charge in [0.1, 0.15) is 5.60 Å². The highest BCUT2D eigenvalue weighted by molar-refractivity contribution is 5.68. The van der Waals surface area contributed by atoms with Crippen molar-refractivity contribution in [2.75, 3.05) is 13.1 Å². The molecule has 0 atom stereocenters. The number of rotatable bonds is 4. The first kappa shape index (κ1) is 15.8. The molecule has 0 aromatic heterocycles. The van der Waals surface area contributed by atoms with Crippen molar-refractivity contribution in [1.82, 2.24) is 4.90 Å². The molecule has 0 unspecified atom stereocenters. The summed E-state index contributed by atoms with van der Waals surface area (Å²) in [6.07, 6.45) is 5.92. The average Bonchev–Trinajstić information content (AvgIpc) is 2.33. The van der Waals surface area contributed by atoms with E-state index in [1.165, 1.54) is 6.42 Å². The second-order valence-electron chi connectivity index (χ2n) is 6.31. The van der Waals surface area contributed by atoms with Crippen LogP contribution in [0.2, 0.25) is 0 Å². The highest BCUT2D eigenvalue weighted by atomic mass is 16.6. The number of hydrogen-bond donors (Lipinski definition) is 0. The van der Waals surface area contributed by atoms with Crippen molar-refractivity contribution in [3.63, 3.8) is 0 Å². The first-order valence-electron chi connectivity index (χ1n) is 7.27. The number of piperidine rings is 1. The lowest BCUT2D eigenvalue weighted by molar-refractivity contribution is 0.0180. The molecule has 1 aliphatic heterocycles. The summed E-state index contributed by atoms with van der Waals surface area (Å²) in [4.78, 5) is 13.7. The molecule has 1 fully saturated rings. The van der Waals surface area contributed by atoms with Gasteiger partial charge in [0.05, 0.1) is 6.07 Å². The number of nitrogens with zero attached hydrogens (tertiary/aromatic N) is 2. The van der Waals surface area contributed by atoms with Gasteiger partial charge in [0.25, 0.3) is 0 Å². The zero-order chi connectivity index (χ0) is 14.3. The number of hydrogen-bond acceptors (Lipinski definition) is 3. The standard InChI is InChI=1S/C15H26N2O2/c1-15(2,3)19-14(18)17-11-8-13(9-12-17)7-5-4-6-10-16/h13H,4-9,11-12H2,1-3H3. The fraction of sp³-hybridized carbons (Fsp3) is 0.867. The largest absolute Gasteiger partial charge is 0.444 e. The predicted octanol–water partition coefficient (Wildman–Crippen LogP) is 3.72. The van der Waals surface area contributed by atoms with Crippen LogP contribution in [0.4, 0.5) is 4.79 Å². The SMILES string of the molecule is CC(C)(C)OC(=O)N1CCC(CCCCC#N)CC1. The minimum atomic E-state index is -0.411. The lowest BCUT2D eigenvalue weighted by atomic mass is 9.91. The summed E-state index contributed by atoms with van der Waals surface area (Å²) in [5, 5.41) is 8.48. The van der Waals surface area contributed by atoms with E-state index in [9.17, 15) is 4.79 Å². The molecule has 1 rings (SSSR count). The van der Waals surface area contributed by atoms with Crippen LogP contribution < -0.4 is 0 Å². The summed E-state index contributed by atoms with van der Waals surface area (Å²) in [6, 6.07) is 2.18. The molecular weight excluding hydrogens is 240 g/mol. The predicted molar refractivity (Wildman–Crippen MR) is 74.6 cm³/mol. The maximum Gasteiger partial charge on any atom is 0.410 e. The highest BCUT2D eigenvalue weighted by Crippen LogP contribution is 2.24. The number of ether oxygens (including phenoxy) is 1. The van der Waals surface area contributed by atoms with E-state index in [-0.39, 0.29) is 6.09 Å². The van der Waals surface area contributed by atoms with E-state index >= 15 is 0 Å². The molecule has 1 heterocycles. The molecule has 0 spiro atoms. The Bertz CT molecular complexity index is 320. The van der Waals surface area contributed by atoms with Gasteiger partial charge in [0, 0.05) is 19.5 Å². The van der Waals surface area contributed by atoms with E-state index in [0.29, 0.717) is 12.3 Å². The third-order valence-electron chi connectivity index (χ3n) is 3.42. The van der Waals surface area contributed by atoms with Crippen molar-refractivity contribution in [2.45, 2.75) is 64.9 Å². The maximum absolute atomic E-state index is 11.9. The third kappa shape index (κ3) is 6.47. The molecule has 4 heteroatoms. The lowest BCUT2D eigenvalue weighted by Crippen LogP contribution is -2.41. The van der Waals surface area contributed by atoms with E-state index in [0.717, 1.165) is 38.8 Å². The molecule has 0 N–H and O–H groups in total. The number of amides is 1. The van der Waals surface area contributed by atoms with Crippen molar-refractivity contribution < 1.29 is 9.53 Å². The molecule has 1 aliphatic rings. The van der Waals surface area contributed by atoms with E-state index in [4.69, 9.17) is 10.00 Å². The Morgan fingerprint density at radius 1 is 1.32 bits per heavy atom. The molecule has 0 aliphatic carbocycles. The average molecular weight is 266 g/mol. The number of carbonyl (C=O) groups is 1. The molecule has 0 aromatic carbocycles. The molecular formula is C15H26N2O2. The minimum absolute atomic E-state index is 0.185. The second kappa shape index (κ2) is 7.37. The van der Waals surface area contributed by atoms with Crippen LogP contribution in [0, 0.1) is 17.2 Å². The second-order valence-corrected chi connectivity index (χ2v) is 6.31. The van der Waals surface area contributed by atoms with E-state index in [1.54, 1.807) is 0 Å². The molecule has 0 saturated carbocycles. The number of carbonyl (C=O) groups excluding carboxylic acids is 1. The van der Waals surface area contributed by atoms with E-state index in [2.05, 4.69) is 6.07 Å². The normalized spacial score (nSPS) is 17.1. The van der Waals surface area contributed by atoms with Gasteiger partial charge in [0.2, 0.25) is 0 Å².